The Bertz CT molecular complexity index is 345. The fourth-order valence-corrected chi connectivity index (χ4v) is 3.02. The third kappa shape index (κ3) is 4.00. The van der Waals surface area contributed by atoms with Crippen LogP contribution in [0.15, 0.2) is 28.0 Å². The van der Waals surface area contributed by atoms with Gasteiger partial charge in [-0.05, 0) is 24.7 Å². The SMILES string of the molecule is CN=C(NCc1ccoc1)NCC1CCCS1. The maximum absolute atomic E-state index is 5.02. The van der Waals surface area contributed by atoms with Crippen molar-refractivity contribution in [2.24, 2.45) is 4.99 Å². The number of nitrogens with zero attached hydrogens (tertiary/aromatic N) is 1. The van der Waals surface area contributed by atoms with Gasteiger partial charge in [0.05, 0.1) is 12.5 Å². The number of furan rings is 1. The molecule has 2 rings (SSSR count). The quantitative estimate of drug-likeness (QED) is 0.635. The van der Waals surface area contributed by atoms with Gasteiger partial charge < -0.3 is 15.1 Å². The van der Waals surface area contributed by atoms with Crippen LogP contribution in [0.5, 0.6) is 0 Å². The summed E-state index contributed by atoms with van der Waals surface area (Å²) in [6.07, 6.45) is 6.09. The minimum absolute atomic E-state index is 0.738. The Morgan fingerprint density at radius 1 is 1.59 bits per heavy atom. The topological polar surface area (TPSA) is 49.6 Å². The van der Waals surface area contributed by atoms with Gasteiger partial charge in [-0.25, -0.2) is 0 Å². The molecule has 0 radical (unpaired) electrons. The minimum atomic E-state index is 0.738. The molecule has 1 unspecified atom stereocenters. The van der Waals surface area contributed by atoms with E-state index in [2.05, 4.69) is 27.4 Å². The number of nitrogens with one attached hydrogen (secondary N) is 2. The fraction of sp³-hybridized carbons (Fsp3) is 0.583. The minimum Gasteiger partial charge on any atom is -0.472 e. The Morgan fingerprint density at radius 2 is 2.53 bits per heavy atom. The zero-order chi connectivity index (χ0) is 11.9. The summed E-state index contributed by atoms with van der Waals surface area (Å²) < 4.78 is 5.02. The van der Waals surface area contributed by atoms with Crippen LogP contribution in [0.3, 0.4) is 0 Å². The maximum atomic E-state index is 5.02. The van der Waals surface area contributed by atoms with Gasteiger partial charge in [-0.15, -0.1) is 0 Å². The first-order chi connectivity index (χ1) is 8.38. The third-order valence-corrected chi connectivity index (χ3v) is 4.18. The molecular formula is C12H19N3OS. The average Bonchev–Trinajstić information content (AvgIpc) is 3.02. The van der Waals surface area contributed by atoms with Gasteiger partial charge in [-0.1, -0.05) is 0 Å². The van der Waals surface area contributed by atoms with Gasteiger partial charge in [-0.2, -0.15) is 11.8 Å². The van der Waals surface area contributed by atoms with Crippen molar-refractivity contribution in [3.8, 4) is 0 Å². The lowest BCUT2D eigenvalue weighted by molar-refractivity contribution is 0.563. The van der Waals surface area contributed by atoms with Crippen molar-refractivity contribution in [3.63, 3.8) is 0 Å². The fourth-order valence-electron chi connectivity index (χ4n) is 1.82. The number of rotatable bonds is 4. The predicted molar refractivity (Wildman–Crippen MR) is 72.4 cm³/mol. The second-order valence-corrected chi connectivity index (χ2v) is 5.48. The zero-order valence-corrected chi connectivity index (χ0v) is 10.9. The highest BCUT2D eigenvalue weighted by Gasteiger charge is 2.15. The highest BCUT2D eigenvalue weighted by Crippen LogP contribution is 2.25. The molecule has 0 aromatic carbocycles. The summed E-state index contributed by atoms with van der Waals surface area (Å²) in [4.78, 5) is 4.20. The summed E-state index contributed by atoms with van der Waals surface area (Å²) in [5.41, 5.74) is 1.13. The number of aliphatic imine (C=N–C) groups is 1. The molecule has 0 bridgehead atoms. The number of guanidine groups is 1. The summed E-state index contributed by atoms with van der Waals surface area (Å²) in [7, 11) is 1.80. The summed E-state index contributed by atoms with van der Waals surface area (Å²) >= 11 is 2.05. The van der Waals surface area contributed by atoms with Gasteiger partial charge in [0.15, 0.2) is 5.96 Å². The van der Waals surface area contributed by atoms with Crippen molar-refractivity contribution in [2.45, 2.75) is 24.6 Å². The van der Waals surface area contributed by atoms with Crippen molar-refractivity contribution in [2.75, 3.05) is 19.3 Å². The van der Waals surface area contributed by atoms with E-state index in [0.717, 1.165) is 29.9 Å². The molecule has 1 aromatic rings. The lowest BCUT2D eigenvalue weighted by Gasteiger charge is -2.14. The van der Waals surface area contributed by atoms with Gasteiger partial charge in [0.2, 0.25) is 0 Å². The van der Waals surface area contributed by atoms with Gasteiger partial charge in [0, 0.05) is 31.0 Å². The van der Waals surface area contributed by atoms with Crippen molar-refractivity contribution in [1.29, 1.82) is 0 Å². The molecule has 2 heterocycles. The van der Waals surface area contributed by atoms with E-state index in [1.165, 1.54) is 18.6 Å². The Labute approximate surface area is 106 Å². The molecule has 0 saturated carbocycles. The Morgan fingerprint density at radius 3 is 3.18 bits per heavy atom. The highest BCUT2D eigenvalue weighted by atomic mass is 32.2. The van der Waals surface area contributed by atoms with E-state index >= 15 is 0 Å². The number of hydrogen-bond donors (Lipinski definition) is 2. The van der Waals surface area contributed by atoms with Crippen LogP contribution in [0.25, 0.3) is 0 Å². The van der Waals surface area contributed by atoms with Crippen LogP contribution in [0.4, 0.5) is 0 Å². The van der Waals surface area contributed by atoms with E-state index in [1.54, 1.807) is 19.6 Å². The van der Waals surface area contributed by atoms with Crippen LogP contribution >= 0.6 is 11.8 Å². The van der Waals surface area contributed by atoms with Gasteiger partial charge in [-0.3, -0.25) is 4.99 Å². The number of thioether (sulfide) groups is 1. The molecule has 5 heteroatoms. The first-order valence-electron chi connectivity index (χ1n) is 5.95. The third-order valence-electron chi connectivity index (χ3n) is 2.78. The first kappa shape index (κ1) is 12.4. The van der Waals surface area contributed by atoms with E-state index in [0.29, 0.717) is 0 Å². The zero-order valence-electron chi connectivity index (χ0n) is 10.1. The van der Waals surface area contributed by atoms with Gasteiger partial charge in [0.1, 0.15) is 0 Å². The lowest BCUT2D eigenvalue weighted by atomic mass is 10.2. The van der Waals surface area contributed by atoms with E-state index in [9.17, 15) is 0 Å². The van der Waals surface area contributed by atoms with Gasteiger partial charge in [0.25, 0.3) is 0 Å². The molecule has 1 aliphatic rings. The van der Waals surface area contributed by atoms with Crippen LogP contribution < -0.4 is 10.6 Å². The van der Waals surface area contributed by atoms with Gasteiger partial charge >= 0.3 is 0 Å². The molecule has 0 aliphatic carbocycles. The largest absolute Gasteiger partial charge is 0.472 e. The maximum Gasteiger partial charge on any atom is 0.191 e. The van der Waals surface area contributed by atoms with Crippen LogP contribution in [0, 0.1) is 0 Å². The molecule has 17 heavy (non-hydrogen) atoms. The molecule has 2 N–H and O–H groups in total. The summed E-state index contributed by atoms with van der Waals surface area (Å²) in [6.45, 7) is 1.74. The van der Waals surface area contributed by atoms with Crippen LogP contribution in [0.1, 0.15) is 18.4 Å². The molecule has 1 aliphatic heterocycles. The van der Waals surface area contributed by atoms with Crippen LogP contribution in [-0.4, -0.2) is 30.6 Å². The van der Waals surface area contributed by atoms with Crippen molar-refractivity contribution in [1.82, 2.24) is 10.6 Å². The smallest absolute Gasteiger partial charge is 0.191 e. The van der Waals surface area contributed by atoms with Crippen molar-refractivity contribution in [3.05, 3.63) is 24.2 Å². The van der Waals surface area contributed by atoms with E-state index in [-0.39, 0.29) is 0 Å². The lowest BCUT2D eigenvalue weighted by Crippen LogP contribution is -2.39. The monoisotopic (exact) mass is 253 g/mol. The average molecular weight is 253 g/mol. The molecule has 1 saturated heterocycles. The van der Waals surface area contributed by atoms with Crippen molar-refractivity contribution >= 4 is 17.7 Å². The Balaban J connectivity index is 1.69. The van der Waals surface area contributed by atoms with Crippen molar-refractivity contribution < 1.29 is 4.42 Å². The van der Waals surface area contributed by atoms with Crippen LogP contribution in [-0.2, 0) is 6.54 Å². The molecule has 1 aromatic heterocycles. The Hall–Kier alpha value is -1.10. The molecule has 4 nitrogen and oxygen atoms in total. The first-order valence-corrected chi connectivity index (χ1v) is 7.00. The summed E-state index contributed by atoms with van der Waals surface area (Å²) in [5, 5.41) is 7.37. The predicted octanol–water partition coefficient (Wildman–Crippen LogP) is 1.84. The standard InChI is InChI=1S/C12H19N3OS/c1-13-12(14-7-10-4-5-16-9-10)15-8-11-3-2-6-17-11/h4-5,9,11H,2-3,6-8H2,1H3,(H2,13,14,15). The molecule has 0 amide bonds. The summed E-state index contributed by atoms with van der Waals surface area (Å²) in [5.74, 6) is 2.16. The molecular weight excluding hydrogens is 234 g/mol. The summed E-state index contributed by atoms with van der Waals surface area (Å²) in [6, 6.07) is 1.95. The highest BCUT2D eigenvalue weighted by molar-refractivity contribution is 8.00. The van der Waals surface area contributed by atoms with Crippen LogP contribution in [0.2, 0.25) is 0 Å². The van der Waals surface area contributed by atoms with E-state index in [4.69, 9.17) is 4.42 Å². The molecule has 1 fully saturated rings. The second kappa shape index (κ2) is 6.59. The second-order valence-electron chi connectivity index (χ2n) is 4.07. The molecule has 1 atom stereocenters. The normalized spacial score (nSPS) is 20.5. The van der Waals surface area contributed by atoms with E-state index in [1.807, 2.05) is 6.07 Å². The van der Waals surface area contributed by atoms with E-state index < -0.39 is 0 Å². The number of hydrogen-bond acceptors (Lipinski definition) is 3. The molecule has 94 valence electrons. The Kier molecular flexibility index (Phi) is 4.79. The molecule has 0 spiro atoms.